The topological polar surface area (TPSA) is 99.9 Å². The third-order valence-electron chi connectivity index (χ3n) is 2.33. The smallest absolute Gasteiger partial charge is 0.292 e. The molecule has 0 atom stereocenters. The van der Waals surface area contributed by atoms with Gasteiger partial charge in [0, 0.05) is 18.9 Å². The van der Waals surface area contributed by atoms with E-state index >= 15 is 0 Å². The molecular formula is C10H11N5O2S. The molecule has 0 aliphatic heterocycles. The minimum Gasteiger partial charge on any atom is -0.393 e. The number of nitrogens with zero attached hydrogens (tertiary/aromatic N) is 4. The molecule has 0 aliphatic carbocycles. The van der Waals surface area contributed by atoms with Crippen LogP contribution in [0.4, 0.5) is 11.4 Å². The zero-order valence-electron chi connectivity index (χ0n) is 9.61. The van der Waals surface area contributed by atoms with Crippen molar-refractivity contribution in [2.45, 2.75) is 10.9 Å². The molecule has 94 valence electrons. The van der Waals surface area contributed by atoms with E-state index in [1.54, 1.807) is 23.0 Å². The third kappa shape index (κ3) is 2.59. The molecule has 2 aromatic rings. The van der Waals surface area contributed by atoms with Gasteiger partial charge < -0.3 is 10.3 Å². The van der Waals surface area contributed by atoms with Crippen molar-refractivity contribution in [3.63, 3.8) is 0 Å². The summed E-state index contributed by atoms with van der Waals surface area (Å²) in [6, 6.07) is 4.72. The lowest BCUT2D eigenvalue weighted by molar-refractivity contribution is -0.383. The Balaban J connectivity index is 2.09. The van der Waals surface area contributed by atoms with Crippen molar-refractivity contribution < 1.29 is 4.92 Å². The highest BCUT2D eigenvalue weighted by Gasteiger charge is 2.11. The maximum Gasteiger partial charge on any atom is 0.292 e. The van der Waals surface area contributed by atoms with Crippen LogP contribution in [0, 0.1) is 10.1 Å². The van der Waals surface area contributed by atoms with Gasteiger partial charge >= 0.3 is 0 Å². The van der Waals surface area contributed by atoms with Crippen molar-refractivity contribution in [3.8, 4) is 0 Å². The number of aromatic nitrogens is 3. The second kappa shape index (κ2) is 5.05. The summed E-state index contributed by atoms with van der Waals surface area (Å²) in [5.41, 5.74) is 6.64. The Hall–Kier alpha value is -2.09. The molecule has 0 bridgehead atoms. The quantitative estimate of drug-likeness (QED) is 0.390. The second-order valence-electron chi connectivity index (χ2n) is 3.66. The number of nitrogens with two attached hydrogens (primary N) is 1. The van der Waals surface area contributed by atoms with Gasteiger partial charge in [-0.05, 0) is 11.6 Å². The Morgan fingerprint density at radius 2 is 2.33 bits per heavy atom. The summed E-state index contributed by atoms with van der Waals surface area (Å²) in [5, 5.41) is 19.1. The molecule has 1 aromatic carbocycles. The van der Waals surface area contributed by atoms with E-state index in [4.69, 9.17) is 5.73 Å². The molecule has 0 amide bonds. The van der Waals surface area contributed by atoms with Crippen LogP contribution in [0.2, 0.25) is 0 Å². The Labute approximate surface area is 107 Å². The van der Waals surface area contributed by atoms with E-state index in [-0.39, 0.29) is 11.4 Å². The average molecular weight is 265 g/mol. The highest BCUT2D eigenvalue weighted by molar-refractivity contribution is 7.98. The van der Waals surface area contributed by atoms with Crippen molar-refractivity contribution in [1.29, 1.82) is 0 Å². The first-order chi connectivity index (χ1) is 8.58. The first-order valence-electron chi connectivity index (χ1n) is 5.07. The van der Waals surface area contributed by atoms with Crippen molar-refractivity contribution in [2.24, 2.45) is 7.05 Å². The third-order valence-corrected chi connectivity index (χ3v) is 3.43. The van der Waals surface area contributed by atoms with Gasteiger partial charge in [0.15, 0.2) is 5.16 Å². The minimum atomic E-state index is -0.491. The molecule has 1 aromatic heterocycles. The van der Waals surface area contributed by atoms with Gasteiger partial charge in [-0.25, -0.2) is 0 Å². The van der Waals surface area contributed by atoms with E-state index in [1.807, 2.05) is 7.05 Å². The molecule has 0 spiro atoms. The average Bonchev–Trinajstić information content (AvgIpc) is 2.72. The normalized spacial score (nSPS) is 10.5. The highest BCUT2D eigenvalue weighted by Crippen LogP contribution is 2.26. The van der Waals surface area contributed by atoms with E-state index in [2.05, 4.69) is 10.2 Å². The van der Waals surface area contributed by atoms with Gasteiger partial charge in [0.05, 0.1) is 4.92 Å². The first kappa shape index (κ1) is 12.4. The van der Waals surface area contributed by atoms with Crippen LogP contribution in [0.3, 0.4) is 0 Å². The molecule has 0 saturated carbocycles. The Morgan fingerprint density at radius 3 is 2.89 bits per heavy atom. The maximum atomic E-state index is 10.6. The molecule has 0 unspecified atom stereocenters. The fourth-order valence-corrected chi connectivity index (χ4v) is 2.24. The van der Waals surface area contributed by atoms with Gasteiger partial charge in [-0.2, -0.15) is 0 Å². The summed E-state index contributed by atoms with van der Waals surface area (Å²) in [6.07, 6.45) is 1.62. The largest absolute Gasteiger partial charge is 0.393 e. The predicted octanol–water partition coefficient (Wildman–Crippen LogP) is 1.60. The molecule has 2 rings (SSSR count). The number of nitro benzene ring substituents is 1. The van der Waals surface area contributed by atoms with Crippen LogP contribution in [-0.2, 0) is 12.8 Å². The molecule has 0 fully saturated rings. The predicted molar refractivity (Wildman–Crippen MR) is 68.1 cm³/mol. The number of hydrogen-bond donors (Lipinski definition) is 1. The number of nitrogen functional groups attached to an aromatic ring is 1. The first-order valence-corrected chi connectivity index (χ1v) is 6.06. The maximum absolute atomic E-state index is 10.6. The molecule has 2 N–H and O–H groups in total. The standard InChI is InChI=1S/C10H11N5O2S/c1-14-6-12-13-10(14)18-5-7-2-3-9(15(16)17)8(11)4-7/h2-4,6H,5,11H2,1H3. The van der Waals surface area contributed by atoms with E-state index in [9.17, 15) is 10.1 Å². The van der Waals surface area contributed by atoms with Gasteiger partial charge in [0.25, 0.3) is 5.69 Å². The highest BCUT2D eigenvalue weighted by atomic mass is 32.2. The van der Waals surface area contributed by atoms with E-state index in [0.29, 0.717) is 5.75 Å². The minimum absolute atomic E-state index is 0.0672. The Morgan fingerprint density at radius 1 is 1.56 bits per heavy atom. The summed E-state index contributed by atoms with van der Waals surface area (Å²) in [4.78, 5) is 10.1. The SMILES string of the molecule is Cn1cnnc1SCc1ccc([N+](=O)[O-])c(N)c1. The zero-order chi connectivity index (χ0) is 13.1. The lowest BCUT2D eigenvalue weighted by Crippen LogP contribution is -1.97. The summed E-state index contributed by atoms with van der Waals surface area (Å²) in [7, 11) is 1.85. The second-order valence-corrected chi connectivity index (χ2v) is 4.61. The monoisotopic (exact) mass is 265 g/mol. The lowest BCUT2D eigenvalue weighted by atomic mass is 10.2. The zero-order valence-corrected chi connectivity index (χ0v) is 10.4. The number of benzene rings is 1. The van der Waals surface area contributed by atoms with E-state index in [0.717, 1.165) is 10.7 Å². The van der Waals surface area contributed by atoms with Crippen molar-refractivity contribution in [2.75, 3.05) is 5.73 Å². The summed E-state index contributed by atoms with van der Waals surface area (Å²) >= 11 is 1.49. The van der Waals surface area contributed by atoms with Crippen LogP contribution in [0.1, 0.15) is 5.56 Å². The van der Waals surface area contributed by atoms with E-state index in [1.165, 1.54) is 17.8 Å². The van der Waals surface area contributed by atoms with Crippen LogP contribution in [0.25, 0.3) is 0 Å². The molecule has 18 heavy (non-hydrogen) atoms. The molecule has 0 aliphatic rings. The van der Waals surface area contributed by atoms with Crippen molar-refractivity contribution in [3.05, 3.63) is 40.2 Å². The fraction of sp³-hybridized carbons (Fsp3) is 0.200. The van der Waals surface area contributed by atoms with Gasteiger partial charge in [-0.15, -0.1) is 10.2 Å². The van der Waals surface area contributed by atoms with Gasteiger partial charge in [-0.3, -0.25) is 10.1 Å². The van der Waals surface area contributed by atoms with E-state index < -0.39 is 4.92 Å². The molecular weight excluding hydrogens is 254 g/mol. The Bertz CT molecular complexity index is 583. The lowest BCUT2D eigenvalue weighted by Gasteiger charge is -2.03. The Kier molecular flexibility index (Phi) is 3.47. The molecule has 7 nitrogen and oxygen atoms in total. The number of hydrogen-bond acceptors (Lipinski definition) is 6. The van der Waals surface area contributed by atoms with Crippen LogP contribution in [0.15, 0.2) is 29.7 Å². The van der Waals surface area contributed by atoms with Gasteiger partial charge in [-0.1, -0.05) is 17.8 Å². The summed E-state index contributed by atoms with van der Waals surface area (Å²) in [6.45, 7) is 0. The molecule has 0 saturated heterocycles. The number of anilines is 1. The number of nitro groups is 1. The van der Waals surface area contributed by atoms with Gasteiger partial charge in [0.2, 0.25) is 0 Å². The molecule has 8 heteroatoms. The fourth-order valence-electron chi connectivity index (χ4n) is 1.41. The van der Waals surface area contributed by atoms with Crippen LogP contribution in [0.5, 0.6) is 0 Å². The molecule has 1 heterocycles. The number of aryl methyl sites for hydroxylation is 1. The summed E-state index contributed by atoms with van der Waals surface area (Å²) in [5.74, 6) is 0.634. The van der Waals surface area contributed by atoms with Crippen LogP contribution in [-0.4, -0.2) is 19.7 Å². The number of rotatable bonds is 4. The number of thioether (sulfide) groups is 1. The molecule has 0 radical (unpaired) electrons. The van der Waals surface area contributed by atoms with Crippen molar-refractivity contribution >= 4 is 23.1 Å². The van der Waals surface area contributed by atoms with Gasteiger partial charge in [0.1, 0.15) is 12.0 Å². The van der Waals surface area contributed by atoms with Crippen LogP contribution >= 0.6 is 11.8 Å². The summed E-state index contributed by atoms with van der Waals surface area (Å²) < 4.78 is 1.80. The van der Waals surface area contributed by atoms with Crippen molar-refractivity contribution in [1.82, 2.24) is 14.8 Å². The van der Waals surface area contributed by atoms with Crippen LogP contribution < -0.4 is 5.73 Å².